The van der Waals surface area contributed by atoms with Crippen LogP contribution in [0.15, 0.2) is 36.4 Å². The molecule has 0 aliphatic heterocycles. The molecule has 1 atom stereocenters. The van der Waals surface area contributed by atoms with Crippen molar-refractivity contribution in [1.82, 2.24) is 0 Å². The number of nitrogens with two attached hydrogens (primary N) is 1. The van der Waals surface area contributed by atoms with E-state index >= 15 is 0 Å². The van der Waals surface area contributed by atoms with E-state index in [-0.39, 0.29) is 30.2 Å². The maximum atomic E-state index is 9.97. The van der Waals surface area contributed by atoms with E-state index in [1.807, 2.05) is 0 Å². The van der Waals surface area contributed by atoms with E-state index in [4.69, 9.17) is 10.8 Å². The van der Waals surface area contributed by atoms with Crippen molar-refractivity contribution in [2.45, 2.75) is 6.10 Å². The number of phenolic OH excluding ortho intramolecular Hbond substituents is 2. The third-order valence-corrected chi connectivity index (χ3v) is 3.07. The largest absolute Gasteiger partial charge is 0.507 e. The maximum Gasteiger partial charge on any atom is 0.127 e. The molecular weight excluding hydrogens is 272 g/mol. The zero-order valence-corrected chi connectivity index (χ0v) is 11.3. The second-order valence-corrected chi connectivity index (χ2v) is 4.69. The Balaban J connectivity index is 2.44. The van der Waals surface area contributed by atoms with Gasteiger partial charge in [-0.1, -0.05) is 6.07 Å². The number of anilines is 2. The van der Waals surface area contributed by atoms with Crippen LogP contribution in [0.25, 0.3) is 11.1 Å². The molecule has 6 heteroatoms. The Labute approximate surface area is 122 Å². The van der Waals surface area contributed by atoms with Gasteiger partial charge in [-0.2, -0.15) is 0 Å². The van der Waals surface area contributed by atoms with Crippen LogP contribution in [-0.4, -0.2) is 39.7 Å². The van der Waals surface area contributed by atoms with Gasteiger partial charge in [0.25, 0.3) is 0 Å². The summed E-state index contributed by atoms with van der Waals surface area (Å²) in [7, 11) is 0. The molecule has 0 aromatic heterocycles. The molecule has 0 aliphatic rings. The summed E-state index contributed by atoms with van der Waals surface area (Å²) in [6.07, 6.45) is -0.909. The SMILES string of the molecule is Nc1ccc(NCC(O)CO)c(-c2c(O)cccc2O)c1. The molecule has 0 saturated carbocycles. The third kappa shape index (κ3) is 3.36. The summed E-state index contributed by atoms with van der Waals surface area (Å²) < 4.78 is 0. The molecule has 112 valence electrons. The van der Waals surface area contributed by atoms with E-state index in [1.165, 1.54) is 18.2 Å². The number of hydrogen-bond acceptors (Lipinski definition) is 6. The Morgan fingerprint density at radius 2 is 1.76 bits per heavy atom. The maximum absolute atomic E-state index is 9.97. The minimum absolute atomic E-state index is 0.0774. The number of rotatable bonds is 5. The first kappa shape index (κ1) is 15.0. The molecule has 7 N–H and O–H groups in total. The van der Waals surface area contributed by atoms with E-state index in [2.05, 4.69) is 5.32 Å². The monoisotopic (exact) mass is 290 g/mol. The molecule has 1 unspecified atom stereocenters. The lowest BCUT2D eigenvalue weighted by Gasteiger charge is -2.16. The van der Waals surface area contributed by atoms with Gasteiger partial charge < -0.3 is 31.5 Å². The van der Waals surface area contributed by atoms with E-state index in [1.54, 1.807) is 18.2 Å². The highest BCUT2D eigenvalue weighted by Gasteiger charge is 2.15. The van der Waals surface area contributed by atoms with Gasteiger partial charge in [-0.3, -0.25) is 0 Å². The van der Waals surface area contributed by atoms with Gasteiger partial charge >= 0.3 is 0 Å². The van der Waals surface area contributed by atoms with Crippen LogP contribution >= 0.6 is 0 Å². The number of benzene rings is 2. The molecule has 6 nitrogen and oxygen atoms in total. The number of phenols is 2. The summed E-state index contributed by atoms with van der Waals surface area (Å²) in [6, 6.07) is 9.41. The molecule has 2 aromatic rings. The fourth-order valence-corrected chi connectivity index (χ4v) is 2.02. The number of aliphatic hydroxyl groups excluding tert-OH is 2. The van der Waals surface area contributed by atoms with Gasteiger partial charge in [-0.15, -0.1) is 0 Å². The van der Waals surface area contributed by atoms with Crippen molar-refractivity contribution in [3.63, 3.8) is 0 Å². The van der Waals surface area contributed by atoms with Crippen molar-refractivity contribution in [2.24, 2.45) is 0 Å². The summed E-state index contributed by atoms with van der Waals surface area (Å²) in [6.45, 7) is -0.235. The van der Waals surface area contributed by atoms with Crippen molar-refractivity contribution in [2.75, 3.05) is 24.2 Å². The number of hydrogen-bond donors (Lipinski definition) is 6. The fraction of sp³-hybridized carbons (Fsp3) is 0.200. The molecule has 0 aliphatic carbocycles. The highest BCUT2D eigenvalue weighted by molar-refractivity contribution is 5.87. The summed E-state index contributed by atoms with van der Waals surface area (Å²) in [5.41, 5.74) is 7.58. The second kappa shape index (κ2) is 6.34. The molecule has 0 radical (unpaired) electrons. The number of aromatic hydroxyl groups is 2. The zero-order valence-electron chi connectivity index (χ0n) is 11.3. The van der Waals surface area contributed by atoms with Crippen molar-refractivity contribution < 1.29 is 20.4 Å². The fourth-order valence-electron chi connectivity index (χ4n) is 2.02. The summed E-state index contributed by atoms with van der Waals surface area (Å²) >= 11 is 0. The molecule has 0 heterocycles. The molecule has 0 bridgehead atoms. The van der Waals surface area contributed by atoms with Crippen LogP contribution in [0.1, 0.15) is 0 Å². The van der Waals surface area contributed by atoms with Crippen LogP contribution in [0.2, 0.25) is 0 Å². The molecule has 2 rings (SSSR count). The topological polar surface area (TPSA) is 119 Å². The Kier molecular flexibility index (Phi) is 4.52. The van der Waals surface area contributed by atoms with E-state index in [0.717, 1.165) is 0 Å². The predicted octanol–water partition coefficient (Wildman–Crippen LogP) is 1.11. The number of aliphatic hydroxyl groups is 2. The lowest BCUT2D eigenvalue weighted by molar-refractivity contribution is 0.105. The molecule has 0 spiro atoms. The van der Waals surface area contributed by atoms with Gasteiger partial charge in [0.05, 0.1) is 18.3 Å². The molecular formula is C15H18N2O4. The highest BCUT2D eigenvalue weighted by atomic mass is 16.3. The smallest absolute Gasteiger partial charge is 0.127 e. The standard InChI is InChI=1S/C15H18N2O4/c16-9-4-5-12(17-7-10(19)8-18)11(6-9)15-13(20)2-1-3-14(15)21/h1-6,10,17-21H,7-8,16H2. The van der Waals surface area contributed by atoms with Gasteiger partial charge in [-0.05, 0) is 30.3 Å². The predicted molar refractivity (Wildman–Crippen MR) is 81.2 cm³/mol. The van der Waals surface area contributed by atoms with Crippen LogP contribution < -0.4 is 11.1 Å². The first-order chi connectivity index (χ1) is 10.0. The first-order valence-corrected chi connectivity index (χ1v) is 6.46. The minimum Gasteiger partial charge on any atom is -0.507 e. The lowest BCUT2D eigenvalue weighted by Crippen LogP contribution is -2.23. The third-order valence-electron chi connectivity index (χ3n) is 3.07. The van der Waals surface area contributed by atoms with E-state index in [0.29, 0.717) is 16.9 Å². The summed E-state index contributed by atoms with van der Waals surface area (Å²) in [5, 5.41) is 41.1. The zero-order chi connectivity index (χ0) is 15.4. The van der Waals surface area contributed by atoms with E-state index in [9.17, 15) is 15.3 Å². The van der Waals surface area contributed by atoms with E-state index < -0.39 is 6.10 Å². The Morgan fingerprint density at radius 3 is 2.38 bits per heavy atom. The first-order valence-electron chi connectivity index (χ1n) is 6.46. The van der Waals surface area contributed by atoms with Crippen molar-refractivity contribution in [3.05, 3.63) is 36.4 Å². The molecule has 0 saturated heterocycles. The lowest BCUT2D eigenvalue weighted by atomic mass is 10.0. The van der Waals surface area contributed by atoms with Crippen molar-refractivity contribution in [3.8, 4) is 22.6 Å². The van der Waals surface area contributed by atoms with Gasteiger partial charge in [-0.25, -0.2) is 0 Å². The number of nitrogen functional groups attached to an aromatic ring is 1. The second-order valence-electron chi connectivity index (χ2n) is 4.69. The van der Waals surface area contributed by atoms with Crippen LogP contribution in [0.5, 0.6) is 11.5 Å². The molecule has 21 heavy (non-hydrogen) atoms. The van der Waals surface area contributed by atoms with Crippen LogP contribution in [0, 0.1) is 0 Å². The van der Waals surface area contributed by atoms with Crippen molar-refractivity contribution >= 4 is 11.4 Å². The van der Waals surface area contributed by atoms with Crippen LogP contribution in [-0.2, 0) is 0 Å². The Hall–Kier alpha value is -2.44. The summed E-state index contributed by atoms with van der Waals surface area (Å²) in [4.78, 5) is 0. The Morgan fingerprint density at radius 1 is 1.10 bits per heavy atom. The van der Waals surface area contributed by atoms with Crippen LogP contribution in [0.3, 0.4) is 0 Å². The van der Waals surface area contributed by atoms with Crippen molar-refractivity contribution in [1.29, 1.82) is 0 Å². The summed E-state index contributed by atoms with van der Waals surface area (Å²) in [5.74, 6) is -0.155. The Bertz CT molecular complexity index is 611. The van der Waals surface area contributed by atoms with Crippen LogP contribution in [0.4, 0.5) is 11.4 Å². The van der Waals surface area contributed by atoms with Gasteiger partial charge in [0, 0.05) is 23.5 Å². The van der Waals surface area contributed by atoms with Gasteiger partial charge in [0.15, 0.2) is 0 Å². The number of nitrogens with one attached hydrogen (secondary N) is 1. The molecule has 0 fully saturated rings. The quantitative estimate of drug-likeness (QED) is 0.459. The minimum atomic E-state index is -0.909. The average Bonchev–Trinajstić information content (AvgIpc) is 2.46. The van der Waals surface area contributed by atoms with Gasteiger partial charge in [0.1, 0.15) is 11.5 Å². The van der Waals surface area contributed by atoms with Gasteiger partial charge in [0.2, 0.25) is 0 Å². The highest BCUT2D eigenvalue weighted by Crippen LogP contribution is 2.41. The molecule has 2 aromatic carbocycles. The average molecular weight is 290 g/mol. The normalized spacial score (nSPS) is 12.1. The molecule has 0 amide bonds.